The van der Waals surface area contributed by atoms with E-state index < -0.39 is 0 Å². The highest BCUT2D eigenvalue weighted by atomic mass is 16.1. The summed E-state index contributed by atoms with van der Waals surface area (Å²) in [6.07, 6.45) is 0. The molecule has 0 fully saturated rings. The molecule has 8 heteroatoms. The van der Waals surface area contributed by atoms with Gasteiger partial charge in [-0.15, -0.1) is 0 Å². The summed E-state index contributed by atoms with van der Waals surface area (Å²) in [7, 11) is 0. The second-order valence-corrected chi connectivity index (χ2v) is 8.01. The van der Waals surface area contributed by atoms with Crippen LogP contribution < -0.4 is 21.8 Å². The predicted octanol–water partition coefficient (Wildman–Crippen LogP) is 3.46. The number of aryl methyl sites for hydroxylation is 4. The number of aromatic amines is 2. The van der Waals surface area contributed by atoms with Crippen molar-refractivity contribution in [3.8, 4) is 0 Å². The van der Waals surface area contributed by atoms with E-state index >= 15 is 0 Å². The van der Waals surface area contributed by atoms with Gasteiger partial charge < -0.3 is 20.6 Å². The standard InChI is InChI=1S/C24H26N6O2/c1-13-9-15(3)27-22(31)18(13)11-25-21-17-7-5-6-8-20(17)29-24(30-21)26-12-19-14(2)10-16(4)28-23(19)32/h5-10H,11-12H2,1-4H3,(H,27,31)(H,28,32)(H2,25,26,29,30). The molecule has 32 heavy (non-hydrogen) atoms. The Morgan fingerprint density at radius 2 is 1.34 bits per heavy atom. The van der Waals surface area contributed by atoms with Gasteiger partial charge in [-0.2, -0.15) is 4.98 Å². The molecule has 0 unspecified atom stereocenters. The first kappa shape index (κ1) is 21.3. The first-order chi connectivity index (χ1) is 15.3. The lowest BCUT2D eigenvalue weighted by molar-refractivity contribution is 0.982. The Bertz CT molecular complexity index is 1420. The van der Waals surface area contributed by atoms with E-state index in [1.165, 1.54) is 0 Å². The average Bonchev–Trinajstić information content (AvgIpc) is 2.72. The maximum atomic E-state index is 12.4. The molecule has 1 aromatic carbocycles. The van der Waals surface area contributed by atoms with Crippen molar-refractivity contribution >= 4 is 22.7 Å². The molecule has 164 valence electrons. The summed E-state index contributed by atoms with van der Waals surface area (Å²) in [6.45, 7) is 8.19. The number of nitrogens with one attached hydrogen (secondary N) is 4. The van der Waals surface area contributed by atoms with Gasteiger partial charge in [-0.25, -0.2) is 4.98 Å². The normalized spacial score (nSPS) is 11.0. The topological polar surface area (TPSA) is 116 Å². The molecule has 4 N–H and O–H groups in total. The minimum absolute atomic E-state index is 0.110. The van der Waals surface area contributed by atoms with Crippen LogP contribution >= 0.6 is 0 Å². The van der Waals surface area contributed by atoms with Crippen LogP contribution in [-0.4, -0.2) is 19.9 Å². The van der Waals surface area contributed by atoms with E-state index in [1.54, 1.807) is 0 Å². The highest BCUT2D eigenvalue weighted by Crippen LogP contribution is 2.23. The molecule has 3 aromatic heterocycles. The lowest BCUT2D eigenvalue weighted by Gasteiger charge is -2.13. The zero-order chi connectivity index (χ0) is 22.8. The van der Waals surface area contributed by atoms with E-state index in [0.29, 0.717) is 36.0 Å². The molecule has 0 saturated carbocycles. The summed E-state index contributed by atoms with van der Waals surface area (Å²) in [4.78, 5) is 39.6. The smallest absolute Gasteiger partial charge is 0.253 e. The monoisotopic (exact) mass is 430 g/mol. The first-order valence-corrected chi connectivity index (χ1v) is 10.4. The van der Waals surface area contributed by atoms with Gasteiger partial charge in [-0.05, 0) is 63.1 Å². The summed E-state index contributed by atoms with van der Waals surface area (Å²) in [6, 6.07) is 11.6. The van der Waals surface area contributed by atoms with Crippen LogP contribution in [0, 0.1) is 27.7 Å². The zero-order valence-electron chi connectivity index (χ0n) is 18.6. The lowest BCUT2D eigenvalue weighted by atomic mass is 10.1. The van der Waals surface area contributed by atoms with Gasteiger partial charge in [0.1, 0.15) is 5.82 Å². The van der Waals surface area contributed by atoms with E-state index in [0.717, 1.165) is 33.4 Å². The molecule has 0 amide bonds. The fourth-order valence-electron chi connectivity index (χ4n) is 3.83. The Kier molecular flexibility index (Phi) is 5.77. The number of hydrogen-bond donors (Lipinski definition) is 4. The van der Waals surface area contributed by atoms with Gasteiger partial charge in [0, 0.05) is 41.0 Å². The molecule has 0 aliphatic rings. The van der Waals surface area contributed by atoms with Crippen molar-refractivity contribution in [3.05, 3.63) is 90.7 Å². The average molecular weight is 431 g/mol. The fraction of sp³-hybridized carbons (Fsp3) is 0.250. The number of para-hydroxylation sites is 1. The van der Waals surface area contributed by atoms with Gasteiger partial charge in [-0.3, -0.25) is 9.59 Å². The minimum atomic E-state index is -0.122. The van der Waals surface area contributed by atoms with Gasteiger partial charge in [0.15, 0.2) is 0 Å². The molecule has 0 saturated heterocycles. The Labute approximate surface area is 185 Å². The van der Waals surface area contributed by atoms with E-state index in [-0.39, 0.29) is 11.1 Å². The van der Waals surface area contributed by atoms with Gasteiger partial charge in [-0.1, -0.05) is 12.1 Å². The number of aromatic nitrogens is 4. The van der Waals surface area contributed by atoms with E-state index in [4.69, 9.17) is 0 Å². The number of H-pyrrole nitrogens is 2. The molecule has 3 heterocycles. The van der Waals surface area contributed by atoms with Crippen LogP contribution in [0.25, 0.3) is 10.9 Å². The molecule has 4 rings (SSSR count). The summed E-state index contributed by atoms with van der Waals surface area (Å²) in [5.41, 5.74) is 5.32. The number of anilines is 2. The van der Waals surface area contributed by atoms with Gasteiger partial charge in [0.2, 0.25) is 5.95 Å². The third kappa shape index (κ3) is 4.39. The van der Waals surface area contributed by atoms with Gasteiger partial charge >= 0.3 is 0 Å². The Hall–Kier alpha value is -3.94. The van der Waals surface area contributed by atoms with Crippen molar-refractivity contribution < 1.29 is 0 Å². The second-order valence-electron chi connectivity index (χ2n) is 8.01. The van der Waals surface area contributed by atoms with Crippen molar-refractivity contribution in [1.82, 2.24) is 19.9 Å². The summed E-state index contributed by atoms with van der Waals surface area (Å²) >= 11 is 0. The Morgan fingerprint density at radius 1 is 0.781 bits per heavy atom. The van der Waals surface area contributed by atoms with Crippen LogP contribution in [0.5, 0.6) is 0 Å². The molecule has 0 atom stereocenters. The highest BCUT2D eigenvalue weighted by molar-refractivity contribution is 5.90. The number of fused-ring (bicyclic) bond motifs is 1. The van der Waals surface area contributed by atoms with Crippen LogP contribution in [0.2, 0.25) is 0 Å². The molecular formula is C24H26N6O2. The van der Waals surface area contributed by atoms with Crippen molar-refractivity contribution in [1.29, 1.82) is 0 Å². The third-order valence-electron chi connectivity index (χ3n) is 5.45. The summed E-state index contributed by atoms with van der Waals surface area (Å²) in [5, 5.41) is 7.32. The zero-order valence-corrected chi connectivity index (χ0v) is 18.6. The third-order valence-corrected chi connectivity index (χ3v) is 5.45. The highest BCUT2D eigenvalue weighted by Gasteiger charge is 2.11. The van der Waals surface area contributed by atoms with Gasteiger partial charge in [0.05, 0.1) is 5.52 Å². The van der Waals surface area contributed by atoms with Crippen molar-refractivity contribution in [2.75, 3.05) is 10.6 Å². The quantitative estimate of drug-likeness (QED) is 0.372. The van der Waals surface area contributed by atoms with Crippen LogP contribution in [0.1, 0.15) is 33.6 Å². The first-order valence-electron chi connectivity index (χ1n) is 10.4. The number of hydrogen-bond acceptors (Lipinski definition) is 6. The second kappa shape index (κ2) is 8.66. The Morgan fingerprint density at radius 3 is 1.94 bits per heavy atom. The number of pyridine rings is 2. The van der Waals surface area contributed by atoms with Crippen molar-refractivity contribution in [2.45, 2.75) is 40.8 Å². The molecule has 0 aliphatic heterocycles. The molecule has 0 aliphatic carbocycles. The fourth-order valence-corrected chi connectivity index (χ4v) is 3.83. The SMILES string of the molecule is Cc1cc(C)c(CNc2nc(NCc3c(C)cc(C)[nH]c3=O)c3ccccc3n2)c(=O)[nH]1. The largest absolute Gasteiger partial charge is 0.365 e. The maximum absolute atomic E-state index is 12.4. The molecule has 4 aromatic rings. The lowest BCUT2D eigenvalue weighted by Crippen LogP contribution is -2.20. The van der Waals surface area contributed by atoms with E-state index in [9.17, 15) is 9.59 Å². The van der Waals surface area contributed by atoms with Crippen LogP contribution in [-0.2, 0) is 13.1 Å². The van der Waals surface area contributed by atoms with Gasteiger partial charge in [0.25, 0.3) is 11.1 Å². The molecular weight excluding hydrogens is 404 g/mol. The predicted molar refractivity (Wildman–Crippen MR) is 127 cm³/mol. The molecule has 0 bridgehead atoms. The number of benzene rings is 1. The molecule has 0 radical (unpaired) electrons. The van der Waals surface area contributed by atoms with E-state index in [1.807, 2.05) is 64.1 Å². The molecule has 0 spiro atoms. The van der Waals surface area contributed by atoms with Crippen molar-refractivity contribution in [2.24, 2.45) is 0 Å². The maximum Gasteiger partial charge on any atom is 0.253 e. The van der Waals surface area contributed by atoms with Crippen LogP contribution in [0.3, 0.4) is 0 Å². The summed E-state index contributed by atoms with van der Waals surface area (Å²) < 4.78 is 0. The number of nitrogens with zero attached hydrogens (tertiary/aromatic N) is 2. The Balaban J connectivity index is 1.64. The van der Waals surface area contributed by atoms with Crippen LogP contribution in [0.4, 0.5) is 11.8 Å². The molecule has 8 nitrogen and oxygen atoms in total. The van der Waals surface area contributed by atoms with Crippen LogP contribution in [0.15, 0.2) is 46.0 Å². The van der Waals surface area contributed by atoms with E-state index in [2.05, 4.69) is 30.6 Å². The summed E-state index contributed by atoms with van der Waals surface area (Å²) in [5.74, 6) is 1.02. The minimum Gasteiger partial charge on any atom is -0.365 e. The number of rotatable bonds is 6. The van der Waals surface area contributed by atoms with Crippen molar-refractivity contribution in [3.63, 3.8) is 0 Å².